The number of hydrogen-bond acceptors (Lipinski definition) is 6. The van der Waals surface area contributed by atoms with Crippen LogP contribution in [0, 0.1) is 0 Å². The van der Waals surface area contributed by atoms with Crippen LogP contribution in [0.5, 0.6) is 0 Å². The Balaban J connectivity index is 2.73. The minimum Gasteiger partial charge on any atom is -0.465 e. The molecule has 1 heterocycles. The molecule has 1 aromatic heterocycles. The minimum absolute atomic E-state index is 0.209. The highest BCUT2D eigenvalue weighted by molar-refractivity contribution is 7.99. The number of nitrogens with one attached hydrogen (secondary N) is 2. The van der Waals surface area contributed by atoms with E-state index in [1.807, 2.05) is 6.92 Å². The van der Waals surface area contributed by atoms with Crippen LogP contribution in [-0.2, 0) is 9.53 Å². The molecule has 0 fully saturated rings. The molecular weight excluding hydrogens is 266 g/mol. The fourth-order valence-corrected chi connectivity index (χ4v) is 2.45. The molecular formula is C12H19N3O3S. The molecule has 0 aromatic carbocycles. The van der Waals surface area contributed by atoms with E-state index in [1.54, 1.807) is 13.8 Å². The van der Waals surface area contributed by atoms with Gasteiger partial charge in [-0.25, -0.2) is 4.98 Å². The average Bonchev–Trinajstić information content (AvgIpc) is 2.37. The number of aromatic amines is 1. The number of aromatic nitrogens is 2. The molecule has 0 saturated carbocycles. The third-order valence-corrected chi connectivity index (χ3v) is 3.64. The van der Waals surface area contributed by atoms with Crippen LogP contribution in [0.1, 0.15) is 20.8 Å². The van der Waals surface area contributed by atoms with E-state index in [0.29, 0.717) is 24.1 Å². The topological polar surface area (TPSA) is 84.1 Å². The minimum atomic E-state index is -0.802. The summed E-state index contributed by atoms with van der Waals surface area (Å²) in [7, 11) is 0. The van der Waals surface area contributed by atoms with Crippen molar-refractivity contribution in [3.63, 3.8) is 0 Å². The standard InChI is InChI=1S/C12H19N3O3S/c1-4-14-12(3,10(17)18-5-2)8-19-11-13-7-6-9(16)15-11/h6-7,14H,4-5,8H2,1-3H3,(H,13,15,16). The summed E-state index contributed by atoms with van der Waals surface area (Å²) < 4.78 is 5.06. The fraction of sp³-hybridized carbons (Fsp3) is 0.583. The smallest absolute Gasteiger partial charge is 0.326 e. The van der Waals surface area contributed by atoms with Crippen LogP contribution in [0.2, 0.25) is 0 Å². The molecule has 0 aliphatic heterocycles. The maximum atomic E-state index is 12.0. The Morgan fingerprint density at radius 3 is 2.89 bits per heavy atom. The summed E-state index contributed by atoms with van der Waals surface area (Å²) in [4.78, 5) is 29.8. The first-order chi connectivity index (χ1) is 9.01. The van der Waals surface area contributed by atoms with Gasteiger partial charge in [-0.15, -0.1) is 0 Å². The highest BCUT2D eigenvalue weighted by Gasteiger charge is 2.34. The van der Waals surface area contributed by atoms with Gasteiger partial charge in [-0.3, -0.25) is 9.59 Å². The Bertz CT molecular complexity index is 477. The molecule has 0 bridgehead atoms. The maximum absolute atomic E-state index is 12.0. The lowest BCUT2D eigenvalue weighted by Crippen LogP contribution is -2.52. The Hall–Kier alpha value is -1.34. The van der Waals surface area contributed by atoms with E-state index in [9.17, 15) is 9.59 Å². The third kappa shape index (κ3) is 4.68. The molecule has 0 aliphatic rings. The largest absolute Gasteiger partial charge is 0.465 e. The van der Waals surface area contributed by atoms with Gasteiger partial charge in [-0.1, -0.05) is 18.7 Å². The first-order valence-corrected chi connectivity index (χ1v) is 7.10. The lowest BCUT2D eigenvalue weighted by molar-refractivity contribution is -0.149. The molecule has 1 aromatic rings. The SMILES string of the molecule is CCNC(C)(CSc1nccc(=O)[nH]1)C(=O)OCC. The number of esters is 1. The average molecular weight is 285 g/mol. The van der Waals surface area contributed by atoms with Crippen LogP contribution in [0.15, 0.2) is 22.2 Å². The zero-order chi connectivity index (χ0) is 14.3. The second kappa shape index (κ2) is 7.30. The van der Waals surface area contributed by atoms with Crippen molar-refractivity contribution in [2.24, 2.45) is 0 Å². The summed E-state index contributed by atoms with van der Waals surface area (Å²) in [6.07, 6.45) is 1.44. The number of H-pyrrole nitrogens is 1. The maximum Gasteiger partial charge on any atom is 0.326 e. The molecule has 0 aliphatic carbocycles. The van der Waals surface area contributed by atoms with Crippen LogP contribution in [0.25, 0.3) is 0 Å². The second-order valence-electron chi connectivity index (χ2n) is 4.11. The summed E-state index contributed by atoms with van der Waals surface area (Å²) in [5.74, 6) is 0.120. The Morgan fingerprint density at radius 2 is 2.32 bits per heavy atom. The van der Waals surface area contributed by atoms with Gasteiger partial charge in [-0.05, 0) is 20.4 Å². The van der Waals surface area contributed by atoms with Crippen LogP contribution < -0.4 is 10.9 Å². The molecule has 0 spiro atoms. The van der Waals surface area contributed by atoms with Gasteiger partial charge in [0, 0.05) is 18.0 Å². The van der Waals surface area contributed by atoms with Gasteiger partial charge in [0.15, 0.2) is 5.16 Å². The Labute approximate surface area is 116 Å². The summed E-state index contributed by atoms with van der Waals surface area (Å²) in [6.45, 7) is 6.46. The van der Waals surface area contributed by atoms with Gasteiger partial charge in [0.25, 0.3) is 5.56 Å². The monoisotopic (exact) mass is 285 g/mol. The molecule has 1 atom stereocenters. The van der Waals surface area contributed by atoms with E-state index in [0.717, 1.165) is 0 Å². The van der Waals surface area contributed by atoms with Crippen molar-refractivity contribution in [2.45, 2.75) is 31.5 Å². The van der Waals surface area contributed by atoms with Gasteiger partial charge in [0.1, 0.15) is 5.54 Å². The van der Waals surface area contributed by atoms with Crippen molar-refractivity contribution >= 4 is 17.7 Å². The molecule has 1 unspecified atom stereocenters. The fourth-order valence-electron chi connectivity index (χ4n) is 1.50. The van der Waals surface area contributed by atoms with E-state index in [4.69, 9.17) is 4.74 Å². The van der Waals surface area contributed by atoms with Crippen LogP contribution >= 0.6 is 11.8 Å². The van der Waals surface area contributed by atoms with Crippen molar-refractivity contribution in [2.75, 3.05) is 18.9 Å². The first kappa shape index (κ1) is 15.7. The summed E-state index contributed by atoms with van der Waals surface area (Å²) in [5, 5.41) is 3.60. The van der Waals surface area contributed by atoms with E-state index >= 15 is 0 Å². The van der Waals surface area contributed by atoms with Crippen molar-refractivity contribution in [1.82, 2.24) is 15.3 Å². The van der Waals surface area contributed by atoms with Gasteiger partial charge in [-0.2, -0.15) is 0 Å². The van der Waals surface area contributed by atoms with Crippen LogP contribution in [0.3, 0.4) is 0 Å². The number of likely N-dealkylation sites (N-methyl/N-ethyl adjacent to an activating group) is 1. The number of thioether (sulfide) groups is 1. The number of ether oxygens (including phenoxy) is 1. The van der Waals surface area contributed by atoms with E-state index < -0.39 is 5.54 Å². The summed E-state index contributed by atoms with van der Waals surface area (Å²) >= 11 is 1.31. The van der Waals surface area contributed by atoms with E-state index in [1.165, 1.54) is 24.0 Å². The quantitative estimate of drug-likeness (QED) is 0.438. The zero-order valence-corrected chi connectivity index (χ0v) is 12.2. The van der Waals surface area contributed by atoms with Crippen molar-refractivity contribution in [3.05, 3.63) is 22.6 Å². The van der Waals surface area contributed by atoms with E-state index in [-0.39, 0.29) is 11.5 Å². The number of hydrogen-bond donors (Lipinski definition) is 2. The molecule has 6 nitrogen and oxygen atoms in total. The molecule has 2 N–H and O–H groups in total. The number of rotatable bonds is 7. The third-order valence-electron chi connectivity index (χ3n) is 2.44. The summed E-state index contributed by atoms with van der Waals surface area (Å²) in [5.41, 5.74) is -1.01. The van der Waals surface area contributed by atoms with Crippen molar-refractivity contribution in [3.8, 4) is 0 Å². The van der Waals surface area contributed by atoms with Gasteiger partial charge < -0.3 is 15.0 Å². The number of carbonyl (C=O) groups is 1. The van der Waals surface area contributed by atoms with Gasteiger partial charge in [0.2, 0.25) is 0 Å². The number of carbonyl (C=O) groups excluding carboxylic acids is 1. The lowest BCUT2D eigenvalue weighted by atomic mass is 10.1. The molecule has 7 heteroatoms. The molecule has 0 amide bonds. The molecule has 106 valence electrons. The molecule has 0 radical (unpaired) electrons. The van der Waals surface area contributed by atoms with Crippen LogP contribution in [0.4, 0.5) is 0 Å². The highest BCUT2D eigenvalue weighted by Crippen LogP contribution is 2.19. The van der Waals surface area contributed by atoms with Gasteiger partial charge in [0.05, 0.1) is 6.61 Å². The zero-order valence-electron chi connectivity index (χ0n) is 11.4. The highest BCUT2D eigenvalue weighted by atomic mass is 32.2. The Kier molecular flexibility index (Phi) is 6.04. The first-order valence-electron chi connectivity index (χ1n) is 6.12. The van der Waals surface area contributed by atoms with Crippen molar-refractivity contribution in [1.29, 1.82) is 0 Å². The molecule has 19 heavy (non-hydrogen) atoms. The lowest BCUT2D eigenvalue weighted by Gasteiger charge is -2.27. The van der Waals surface area contributed by atoms with Crippen molar-refractivity contribution < 1.29 is 9.53 Å². The normalized spacial score (nSPS) is 13.8. The predicted molar refractivity (Wildman–Crippen MR) is 74.3 cm³/mol. The van der Waals surface area contributed by atoms with Crippen LogP contribution in [-0.4, -0.2) is 40.4 Å². The van der Waals surface area contributed by atoms with E-state index in [2.05, 4.69) is 15.3 Å². The molecule has 1 rings (SSSR count). The second-order valence-corrected chi connectivity index (χ2v) is 5.07. The number of nitrogens with zero attached hydrogens (tertiary/aromatic N) is 1. The van der Waals surface area contributed by atoms with Gasteiger partial charge >= 0.3 is 5.97 Å². The molecule has 0 saturated heterocycles. The predicted octanol–water partition coefficient (Wildman–Crippen LogP) is 0.793. The summed E-state index contributed by atoms with van der Waals surface area (Å²) in [6, 6.07) is 1.35. The Morgan fingerprint density at radius 1 is 1.58 bits per heavy atom.